The zero-order valence-electron chi connectivity index (χ0n) is 9.20. The van der Waals surface area contributed by atoms with Gasteiger partial charge in [0.25, 0.3) is 5.91 Å². The Kier molecular flexibility index (Phi) is 3.39. The van der Waals surface area contributed by atoms with Crippen molar-refractivity contribution >= 4 is 23.2 Å². The lowest BCUT2D eigenvalue weighted by Crippen LogP contribution is -2.43. The second-order valence-corrected chi connectivity index (χ2v) is 4.72. The molecule has 0 radical (unpaired) electrons. The van der Waals surface area contributed by atoms with Crippen LogP contribution >= 0.6 is 11.3 Å². The number of hydrogen-bond donors (Lipinski definition) is 1. The molecule has 2 unspecified atom stereocenters. The first kappa shape index (κ1) is 12.0. The van der Waals surface area contributed by atoms with Crippen LogP contribution in [-0.2, 0) is 9.53 Å². The van der Waals surface area contributed by atoms with E-state index in [2.05, 4.69) is 4.98 Å². The molecule has 1 amide bonds. The highest BCUT2D eigenvalue weighted by Crippen LogP contribution is 2.21. The largest absolute Gasteiger partial charge is 0.481 e. The molecule has 1 saturated heterocycles. The zero-order chi connectivity index (χ0) is 12.4. The maximum absolute atomic E-state index is 12.0. The maximum atomic E-state index is 12.0. The van der Waals surface area contributed by atoms with E-state index in [9.17, 15) is 9.59 Å². The minimum atomic E-state index is -0.934. The summed E-state index contributed by atoms with van der Waals surface area (Å²) in [5.74, 6) is -1.80. The first-order valence-electron chi connectivity index (χ1n) is 5.07. The van der Waals surface area contributed by atoms with Crippen LogP contribution in [0.4, 0.5) is 0 Å². The molecule has 1 aromatic rings. The number of carbonyl (C=O) groups excluding carboxylic acids is 1. The predicted octanol–water partition coefficient (Wildman–Crippen LogP) is 0.315. The smallest absolute Gasteiger partial charge is 0.311 e. The summed E-state index contributed by atoms with van der Waals surface area (Å²) in [6, 6.07) is -0.415. The summed E-state index contributed by atoms with van der Waals surface area (Å²) in [7, 11) is 1.59. The van der Waals surface area contributed by atoms with E-state index in [-0.39, 0.29) is 19.1 Å². The number of thiazole rings is 1. The van der Waals surface area contributed by atoms with Crippen LogP contribution in [0.3, 0.4) is 0 Å². The van der Waals surface area contributed by atoms with E-state index in [1.165, 1.54) is 22.4 Å². The van der Waals surface area contributed by atoms with Crippen molar-refractivity contribution in [1.29, 1.82) is 0 Å². The van der Waals surface area contributed by atoms with Gasteiger partial charge < -0.3 is 14.7 Å². The van der Waals surface area contributed by atoms with Crippen LogP contribution in [0.25, 0.3) is 0 Å². The standard InChI is InChI=1S/C10H12N2O4S/c1-12(9(13)8-2-11-5-17-8)7-4-16-3-6(7)10(14)15/h2,5-7H,3-4H2,1H3,(H,14,15). The molecular weight excluding hydrogens is 244 g/mol. The number of aromatic nitrogens is 1. The van der Waals surface area contributed by atoms with Crippen molar-refractivity contribution in [3.8, 4) is 0 Å². The summed E-state index contributed by atoms with van der Waals surface area (Å²) in [5.41, 5.74) is 1.57. The van der Waals surface area contributed by atoms with Gasteiger partial charge in [-0.05, 0) is 0 Å². The lowest BCUT2D eigenvalue weighted by atomic mass is 10.0. The summed E-state index contributed by atoms with van der Waals surface area (Å²) < 4.78 is 5.13. The van der Waals surface area contributed by atoms with E-state index in [4.69, 9.17) is 9.84 Å². The van der Waals surface area contributed by atoms with Crippen molar-refractivity contribution in [2.45, 2.75) is 6.04 Å². The average molecular weight is 256 g/mol. The number of nitrogens with zero attached hydrogens (tertiary/aromatic N) is 2. The van der Waals surface area contributed by atoms with Gasteiger partial charge in [0.05, 0.1) is 31.0 Å². The summed E-state index contributed by atoms with van der Waals surface area (Å²) in [4.78, 5) is 28.8. The van der Waals surface area contributed by atoms with Crippen molar-refractivity contribution < 1.29 is 19.4 Å². The molecule has 1 N–H and O–H groups in total. The van der Waals surface area contributed by atoms with E-state index < -0.39 is 17.9 Å². The molecule has 1 fully saturated rings. The Labute approximate surface area is 102 Å². The fourth-order valence-electron chi connectivity index (χ4n) is 1.81. The highest BCUT2D eigenvalue weighted by Gasteiger charge is 2.38. The molecular formula is C10H12N2O4S. The Balaban J connectivity index is 2.12. The predicted molar refractivity (Wildman–Crippen MR) is 59.9 cm³/mol. The van der Waals surface area contributed by atoms with Gasteiger partial charge in [0.15, 0.2) is 0 Å². The van der Waals surface area contributed by atoms with Crippen LogP contribution in [-0.4, -0.2) is 53.2 Å². The third kappa shape index (κ3) is 2.29. The Morgan fingerprint density at radius 1 is 1.59 bits per heavy atom. The van der Waals surface area contributed by atoms with Gasteiger partial charge in [0.1, 0.15) is 10.8 Å². The number of amides is 1. The lowest BCUT2D eigenvalue weighted by Gasteiger charge is -2.25. The van der Waals surface area contributed by atoms with Crippen molar-refractivity contribution in [1.82, 2.24) is 9.88 Å². The number of carboxylic acids is 1. The molecule has 2 rings (SSSR count). The summed E-state index contributed by atoms with van der Waals surface area (Å²) in [6.07, 6.45) is 1.48. The number of carboxylic acid groups (broad SMARTS) is 1. The fourth-order valence-corrected chi connectivity index (χ4v) is 2.41. The molecule has 92 valence electrons. The van der Waals surface area contributed by atoms with Crippen LogP contribution in [0.2, 0.25) is 0 Å². The monoisotopic (exact) mass is 256 g/mol. The normalized spacial score (nSPS) is 23.6. The summed E-state index contributed by atoms with van der Waals surface area (Å²) in [5, 5.41) is 9.02. The van der Waals surface area contributed by atoms with Gasteiger partial charge in [-0.2, -0.15) is 0 Å². The van der Waals surface area contributed by atoms with Gasteiger partial charge in [-0.1, -0.05) is 0 Å². The first-order valence-corrected chi connectivity index (χ1v) is 5.95. The van der Waals surface area contributed by atoms with Crippen molar-refractivity contribution in [2.24, 2.45) is 5.92 Å². The molecule has 0 saturated carbocycles. The maximum Gasteiger partial charge on any atom is 0.311 e. The van der Waals surface area contributed by atoms with E-state index in [1.54, 1.807) is 12.6 Å². The van der Waals surface area contributed by atoms with Gasteiger partial charge >= 0.3 is 5.97 Å². The quantitative estimate of drug-likeness (QED) is 0.842. The van der Waals surface area contributed by atoms with Gasteiger partial charge in [0.2, 0.25) is 0 Å². The minimum Gasteiger partial charge on any atom is -0.481 e. The van der Waals surface area contributed by atoms with Crippen LogP contribution in [0.5, 0.6) is 0 Å². The third-order valence-electron chi connectivity index (χ3n) is 2.83. The van der Waals surface area contributed by atoms with E-state index in [0.29, 0.717) is 4.88 Å². The molecule has 7 heteroatoms. The number of likely N-dealkylation sites (N-methyl/N-ethyl adjacent to an activating group) is 1. The van der Waals surface area contributed by atoms with Crippen molar-refractivity contribution in [3.05, 3.63) is 16.6 Å². The molecule has 0 aromatic carbocycles. The minimum absolute atomic E-state index is 0.153. The SMILES string of the molecule is CN(C(=O)c1cncs1)C1COCC1C(=O)O. The van der Waals surface area contributed by atoms with Crippen LogP contribution < -0.4 is 0 Å². The van der Waals surface area contributed by atoms with E-state index in [1.807, 2.05) is 0 Å². The Bertz CT molecular complexity index is 420. The van der Waals surface area contributed by atoms with Crippen molar-refractivity contribution in [3.63, 3.8) is 0 Å². The number of aliphatic carboxylic acids is 1. The number of carbonyl (C=O) groups is 2. The molecule has 0 spiro atoms. The highest BCUT2D eigenvalue weighted by atomic mass is 32.1. The van der Waals surface area contributed by atoms with E-state index in [0.717, 1.165) is 0 Å². The van der Waals surface area contributed by atoms with Gasteiger partial charge in [-0.15, -0.1) is 11.3 Å². The Morgan fingerprint density at radius 3 is 2.94 bits per heavy atom. The summed E-state index contributed by atoms with van der Waals surface area (Å²) >= 11 is 1.24. The highest BCUT2D eigenvalue weighted by molar-refractivity contribution is 7.11. The molecule has 1 aliphatic heterocycles. The molecule has 1 aromatic heterocycles. The third-order valence-corrected chi connectivity index (χ3v) is 3.59. The lowest BCUT2D eigenvalue weighted by molar-refractivity contribution is -0.142. The number of rotatable bonds is 3. The summed E-state index contributed by atoms with van der Waals surface area (Å²) in [6.45, 7) is 0.415. The second-order valence-electron chi connectivity index (χ2n) is 3.83. The molecule has 2 heterocycles. The molecule has 0 aliphatic carbocycles. The molecule has 17 heavy (non-hydrogen) atoms. The van der Waals surface area contributed by atoms with Gasteiger partial charge in [-0.25, -0.2) is 0 Å². The van der Waals surface area contributed by atoms with Crippen LogP contribution in [0, 0.1) is 5.92 Å². The van der Waals surface area contributed by atoms with Crippen LogP contribution in [0.1, 0.15) is 9.67 Å². The van der Waals surface area contributed by atoms with Crippen molar-refractivity contribution in [2.75, 3.05) is 20.3 Å². The van der Waals surface area contributed by atoms with Gasteiger partial charge in [0, 0.05) is 7.05 Å². The molecule has 1 aliphatic rings. The fraction of sp³-hybridized carbons (Fsp3) is 0.500. The topological polar surface area (TPSA) is 79.7 Å². The second kappa shape index (κ2) is 4.80. The number of hydrogen-bond acceptors (Lipinski definition) is 5. The first-order chi connectivity index (χ1) is 8.11. The van der Waals surface area contributed by atoms with Gasteiger partial charge in [-0.3, -0.25) is 14.6 Å². The number of ether oxygens (including phenoxy) is 1. The molecule has 0 bridgehead atoms. The van der Waals surface area contributed by atoms with E-state index >= 15 is 0 Å². The van der Waals surface area contributed by atoms with Crippen LogP contribution in [0.15, 0.2) is 11.7 Å². The molecule has 2 atom stereocenters. The Hall–Kier alpha value is -1.47. The Morgan fingerprint density at radius 2 is 2.35 bits per heavy atom. The zero-order valence-corrected chi connectivity index (χ0v) is 10.0. The molecule has 6 nitrogen and oxygen atoms in total. The average Bonchev–Trinajstić information content (AvgIpc) is 2.97.